The number of benzene rings is 1. The molecule has 0 radical (unpaired) electrons. The quantitative estimate of drug-likeness (QED) is 0.714. The lowest BCUT2D eigenvalue weighted by Crippen LogP contribution is -2.54. The fourth-order valence-corrected chi connectivity index (χ4v) is 4.32. The Balaban J connectivity index is 1.95. The molecule has 1 aromatic carbocycles. The summed E-state index contributed by atoms with van der Waals surface area (Å²) in [5, 5.41) is 0. The molecule has 1 aliphatic carbocycles. The predicted molar refractivity (Wildman–Crippen MR) is 81.9 cm³/mol. The zero-order chi connectivity index (χ0) is 13.9. The topological polar surface area (TPSA) is 18.5 Å². The van der Waals surface area contributed by atoms with Crippen LogP contribution in [-0.4, -0.2) is 18.0 Å². The molecule has 2 unspecified atom stereocenters. The van der Waals surface area contributed by atoms with E-state index in [1.54, 1.807) is 7.11 Å². The van der Waals surface area contributed by atoms with Gasteiger partial charge in [0.2, 0.25) is 0 Å². The van der Waals surface area contributed by atoms with Crippen molar-refractivity contribution in [3.63, 3.8) is 0 Å². The molecule has 0 N–H and O–H groups in total. The number of rotatable bonds is 6. The second-order valence-electron chi connectivity index (χ2n) is 5.29. The van der Waals surface area contributed by atoms with Crippen LogP contribution in [0.2, 0.25) is 0 Å². The van der Waals surface area contributed by atoms with Gasteiger partial charge in [0.05, 0.1) is 19.8 Å². The van der Waals surface area contributed by atoms with E-state index in [-0.39, 0.29) is 0 Å². The number of hydrogen-bond donors (Lipinski definition) is 0. The van der Waals surface area contributed by atoms with E-state index in [0.29, 0.717) is 23.0 Å². The van der Waals surface area contributed by atoms with Crippen molar-refractivity contribution in [3.8, 4) is 5.75 Å². The summed E-state index contributed by atoms with van der Waals surface area (Å²) >= 11 is 3.79. The number of hydrogen-bond acceptors (Lipinski definition) is 2. The molecule has 1 saturated carbocycles. The molecule has 2 rings (SSSR count). The van der Waals surface area contributed by atoms with E-state index in [4.69, 9.17) is 9.47 Å². The summed E-state index contributed by atoms with van der Waals surface area (Å²) in [5.74, 6) is 0.894. The molecule has 2 nitrogen and oxygen atoms in total. The highest BCUT2D eigenvalue weighted by Crippen LogP contribution is 2.52. The molecule has 19 heavy (non-hydrogen) atoms. The summed E-state index contributed by atoms with van der Waals surface area (Å²) < 4.78 is 11.4. The Morgan fingerprint density at radius 2 is 2.05 bits per heavy atom. The highest BCUT2D eigenvalue weighted by Gasteiger charge is 2.52. The van der Waals surface area contributed by atoms with Crippen LogP contribution in [0.3, 0.4) is 0 Å². The summed E-state index contributed by atoms with van der Waals surface area (Å²) in [4.78, 5) is 0.602. The maximum Gasteiger partial charge on any atom is 0.119 e. The van der Waals surface area contributed by atoms with E-state index in [0.717, 1.165) is 12.2 Å². The van der Waals surface area contributed by atoms with Crippen LogP contribution in [0.25, 0.3) is 0 Å². The lowest BCUT2D eigenvalue weighted by molar-refractivity contribution is -0.115. The van der Waals surface area contributed by atoms with Crippen molar-refractivity contribution in [1.29, 1.82) is 0 Å². The van der Waals surface area contributed by atoms with E-state index < -0.39 is 0 Å². The Hall–Kier alpha value is -0.540. The van der Waals surface area contributed by atoms with E-state index >= 15 is 0 Å². The van der Waals surface area contributed by atoms with E-state index in [9.17, 15) is 0 Å². The van der Waals surface area contributed by atoms with Crippen molar-refractivity contribution in [2.24, 2.45) is 5.41 Å². The first-order valence-corrected chi connectivity index (χ1v) is 7.96. The molecule has 1 aliphatic rings. The molecule has 0 amide bonds. The zero-order valence-electron chi connectivity index (χ0n) is 12.0. The Labute approximate surface area is 124 Å². The van der Waals surface area contributed by atoms with Crippen LogP contribution in [0.5, 0.6) is 5.75 Å². The molecule has 0 spiro atoms. The van der Waals surface area contributed by atoms with Crippen molar-refractivity contribution in [2.45, 2.75) is 50.6 Å². The predicted octanol–water partition coefficient (Wildman–Crippen LogP) is 4.55. The number of methoxy groups -OCH3 is 1. The van der Waals surface area contributed by atoms with Crippen LogP contribution in [0.4, 0.5) is 0 Å². The Morgan fingerprint density at radius 3 is 2.63 bits per heavy atom. The number of alkyl halides is 1. The van der Waals surface area contributed by atoms with Crippen LogP contribution in [-0.2, 0) is 11.3 Å². The van der Waals surface area contributed by atoms with Gasteiger partial charge in [-0.05, 0) is 37.0 Å². The van der Waals surface area contributed by atoms with Gasteiger partial charge in [-0.25, -0.2) is 0 Å². The van der Waals surface area contributed by atoms with Crippen LogP contribution in [0.15, 0.2) is 24.3 Å². The van der Waals surface area contributed by atoms with Gasteiger partial charge in [-0.1, -0.05) is 41.9 Å². The normalized spacial score (nSPS) is 24.8. The number of ether oxygens (including phenoxy) is 2. The van der Waals surface area contributed by atoms with Gasteiger partial charge in [0.25, 0.3) is 0 Å². The minimum absolute atomic E-state index is 0.318. The van der Waals surface area contributed by atoms with E-state index in [1.165, 1.54) is 18.4 Å². The molecular formula is C16H23BrO2. The van der Waals surface area contributed by atoms with Gasteiger partial charge < -0.3 is 9.47 Å². The molecule has 2 atom stereocenters. The van der Waals surface area contributed by atoms with Gasteiger partial charge >= 0.3 is 0 Å². The monoisotopic (exact) mass is 326 g/mol. The van der Waals surface area contributed by atoms with Crippen molar-refractivity contribution >= 4 is 15.9 Å². The van der Waals surface area contributed by atoms with Crippen LogP contribution >= 0.6 is 15.9 Å². The van der Waals surface area contributed by atoms with Gasteiger partial charge in [0, 0.05) is 10.2 Å². The van der Waals surface area contributed by atoms with Crippen molar-refractivity contribution in [3.05, 3.63) is 29.8 Å². The average Bonchev–Trinajstić information content (AvgIpc) is 2.45. The number of halogens is 1. The molecule has 0 bridgehead atoms. The Morgan fingerprint density at radius 1 is 1.32 bits per heavy atom. The first-order valence-electron chi connectivity index (χ1n) is 7.05. The maximum atomic E-state index is 6.15. The second kappa shape index (κ2) is 6.27. The molecule has 106 valence electrons. The molecule has 3 heteroatoms. The highest BCUT2D eigenvalue weighted by atomic mass is 79.9. The summed E-state index contributed by atoms with van der Waals surface area (Å²) in [7, 11) is 1.69. The minimum atomic E-state index is 0.318. The smallest absolute Gasteiger partial charge is 0.119 e. The summed E-state index contributed by atoms with van der Waals surface area (Å²) in [6, 6.07) is 8.11. The average molecular weight is 327 g/mol. The summed E-state index contributed by atoms with van der Waals surface area (Å²) in [6.45, 7) is 5.20. The molecule has 0 aromatic heterocycles. The third-order valence-corrected chi connectivity index (χ3v) is 5.87. The van der Waals surface area contributed by atoms with Crippen molar-refractivity contribution in [1.82, 2.24) is 0 Å². The van der Waals surface area contributed by atoms with Gasteiger partial charge in [0.15, 0.2) is 0 Å². The maximum absolute atomic E-state index is 6.15. The standard InChI is InChI=1S/C16H23BrO2/c1-4-16(5-2)14(17)10-15(16)19-11-12-7-6-8-13(9-12)18-3/h6-9,14-15H,4-5,10-11H2,1-3H3. The lowest BCUT2D eigenvalue weighted by atomic mass is 9.62. The van der Waals surface area contributed by atoms with Crippen LogP contribution in [0.1, 0.15) is 38.7 Å². The Bertz CT molecular complexity index is 415. The molecule has 1 fully saturated rings. The van der Waals surface area contributed by atoms with Gasteiger partial charge in [-0.15, -0.1) is 0 Å². The van der Waals surface area contributed by atoms with Crippen LogP contribution in [0, 0.1) is 5.41 Å². The third-order valence-electron chi connectivity index (χ3n) is 4.59. The van der Waals surface area contributed by atoms with E-state index in [1.807, 2.05) is 18.2 Å². The molecule has 0 saturated heterocycles. The largest absolute Gasteiger partial charge is 0.497 e. The van der Waals surface area contributed by atoms with Gasteiger partial charge in [-0.3, -0.25) is 0 Å². The summed E-state index contributed by atoms with van der Waals surface area (Å²) in [5.41, 5.74) is 1.50. The van der Waals surface area contributed by atoms with Crippen molar-refractivity contribution in [2.75, 3.05) is 7.11 Å². The molecular weight excluding hydrogens is 304 g/mol. The fourth-order valence-electron chi connectivity index (χ4n) is 3.04. The van der Waals surface area contributed by atoms with Gasteiger partial charge in [0.1, 0.15) is 5.75 Å². The van der Waals surface area contributed by atoms with Crippen LogP contribution < -0.4 is 4.74 Å². The first-order chi connectivity index (χ1) is 9.16. The highest BCUT2D eigenvalue weighted by molar-refractivity contribution is 9.09. The Kier molecular flexibility index (Phi) is 4.91. The third kappa shape index (κ3) is 2.82. The van der Waals surface area contributed by atoms with Crippen molar-refractivity contribution < 1.29 is 9.47 Å². The molecule has 1 aromatic rings. The SMILES string of the molecule is CCC1(CC)C(Br)CC1OCc1cccc(OC)c1. The lowest BCUT2D eigenvalue weighted by Gasteiger charge is -2.53. The molecule has 0 heterocycles. The van der Waals surface area contributed by atoms with E-state index in [2.05, 4.69) is 35.8 Å². The molecule has 0 aliphatic heterocycles. The second-order valence-corrected chi connectivity index (χ2v) is 6.40. The summed E-state index contributed by atoms with van der Waals surface area (Å²) in [6.07, 6.45) is 3.83. The fraction of sp³-hybridized carbons (Fsp3) is 0.625. The minimum Gasteiger partial charge on any atom is -0.497 e. The zero-order valence-corrected chi connectivity index (χ0v) is 13.6. The first kappa shape index (κ1) is 14.9. The van der Waals surface area contributed by atoms with Gasteiger partial charge in [-0.2, -0.15) is 0 Å².